The van der Waals surface area contributed by atoms with Crippen LogP contribution in [0.3, 0.4) is 0 Å². The van der Waals surface area contributed by atoms with Gasteiger partial charge >= 0.3 is 18.3 Å². The number of alkyl halides is 8. The molecule has 0 saturated heterocycles. The Kier molecular flexibility index (Phi) is 7.10. The predicted octanol–water partition coefficient (Wildman–Crippen LogP) is 4.50. The van der Waals surface area contributed by atoms with Gasteiger partial charge in [0.05, 0.1) is 17.4 Å². The van der Waals surface area contributed by atoms with E-state index < -0.39 is 58.4 Å². The molecule has 0 saturated carbocycles. The second-order valence-corrected chi connectivity index (χ2v) is 7.28. The minimum Gasteiger partial charge on any atom is -0.229 e. The fraction of sp³-hybridized carbons (Fsp3) is 1.00. The Morgan fingerprint density at radius 3 is 1.73 bits per heavy atom. The lowest BCUT2D eigenvalue weighted by molar-refractivity contribution is -0.284. The zero-order chi connectivity index (χ0) is 17.8. The van der Waals surface area contributed by atoms with Crippen molar-refractivity contribution in [3.8, 4) is 0 Å². The molecule has 11 heteroatoms. The molecule has 1 atom stereocenters. The quantitative estimate of drug-likeness (QED) is 0.595. The van der Waals surface area contributed by atoms with Crippen molar-refractivity contribution >= 4 is 9.84 Å². The summed E-state index contributed by atoms with van der Waals surface area (Å²) in [5, 5.41) is -1.65. The molecule has 0 aromatic carbocycles. The molecule has 22 heavy (non-hydrogen) atoms. The first-order chi connectivity index (χ1) is 9.62. The summed E-state index contributed by atoms with van der Waals surface area (Å²) in [6.45, 7) is 1.45. The summed E-state index contributed by atoms with van der Waals surface area (Å²) >= 11 is 0. The highest BCUT2D eigenvalue weighted by Gasteiger charge is 2.57. The molecule has 0 aliphatic heterocycles. The van der Waals surface area contributed by atoms with Gasteiger partial charge in [-0.15, -0.1) is 0 Å². The molecule has 2 nitrogen and oxygen atoms in total. The van der Waals surface area contributed by atoms with Crippen molar-refractivity contribution in [2.45, 2.75) is 62.6 Å². The third kappa shape index (κ3) is 7.10. The molecular weight excluding hydrogens is 348 g/mol. The maximum atomic E-state index is 12.8. The lowest BCUT2D eigenvalue weighted by Gasteiger charge is -2.23. The molecule has 134 valence electrons. The number of rotatable bonds is 8. The molecule has 0 spiro atoms. The first-order valence-corrected chi connectivity index (χ1v) is 8.07. The van der Waals surface area contributed by atoms with Crippen molar-refractivity contribution in [2.75, 3.05) is 5.75 Å². The van der Waals surface area contributed by atoms with Gasteiger partial charge in [0.1, 0.15) is 0 Å². The van der Waals surface area contributed by atoms with E-state index in [4.69, 9.17) is 0 Å². The third-order valence-electron chi connectivity index (χ3n) is 2.98. The van der Waals surface area contributed by atoms with E-state index in [2.05, 4.69) is 0 Å². The zero-order valence-electron chi connectivity index (χ0n) is 11.6. The van der Waals surface area contributed by atoms with Crippen molar-refractivity contribution in [1.29, 1.82) is 0 Å². The Bertz CT molecular complexity index is 438. The van der Waals surface area contributed by atoms with E-state index in [9.17, 15) is 43.5 Å². The Hall–Kier alpha value is -0.610. The summed E-state index contributed by atoms with van der Waals surface area (Å²) in [6.07, 6.45) is -15.2. The largest absolute Gasteiger partial charge is 0.453 e. The summed E-state index contributed by atoms with van der Waals surface area (Å²) in [5.41, 5.74) is 0. The van der Waals surface area contributed by atoms with Crippen LogP contribution in [0.1, 0.15) is 39.0 Å². The van der Waals surface area contributed by atoms with Crippen LogP contribution in [-0.2, 0) is 9.84 Å². The second-order valence-electron chi connectivity index (χ2n) is 4.88. The minimum absolute atomic E-state index is 0.132. The van der Waals surface area contributed by atoms with Crippen molar-refractivity contribution in [3.63, 3.8) is 0 Å². The molecule has 1 unspecified atom stereocenters. The van der Waals surface area contributed by atoms with E-state index in [0.29, 0.717) is 0 Å². The van der Waals surface area contributed by atoms with Crippen molar-refractivity contribution in [1.82, 2.24) is 0 Å². The van der Waals surface area contributed by atoms with Crippen LogP contribution in [0.4, 0.5) is 35.1 Å². The van der Waals surface area contributed by atoms with Gasteiger partial charge in [-0.3, -0.25) is 0 Å². The summed E-state index contributed by atoms with van der Waals surface area (Å²) in [4.78, 5) is 0. The highest BCUT2D eigenvalue weighted by Crippen LogP contribution is 2.40. The summed E-state index contributed by atoms with van der Waals surface area (Å²) in [7, 11) is -4.41. The molecule has 0 aliphatic rings. The van der Waals surface area contributed by atoms with E-state index in [1.165, 1.54) is 6.92 Å². The Balaban J connectivity index is 4.93. The molecule has 0 bridgehead atoms. The van der Waals surface area contributed by atoms with Gasteiger partial charge in [0, 0.05) is 6.42 Å². The van der Waals surface area contributed by atoms with Gasteiger partial charge in [-0.2, -0.15) is 35.1 Å². The van der Waals surface area contributed by atoms with E-state index in [1.54, 1.807) is 0 Å². The minimum atomic E-state index is -5.82. The second kappa shape index (κ2) is 7.31. The fourth-order valence-corrected chi connectivity index (χ4v) is 3.66. The number of hydrogen-bond acceptors (Lipinski definition) is 2. The van der Waals surface area contributed by atoms with Gasteiger partial charge in [-0.1, -0.05) is 13.3 Å². The first-order valence-electron chi connectivity index (χ1n) is 6.35. The van der Waals surface area contributed by atoms with Crippen LogP contribution in [0, 0.1) is 0 Å². The van der Waals surface area contributed by atoms with Gasteiger partial charge in [-0.05, 0) is 12.8 Å². The van der Waals surface area contributed by atoms with Gasteiger partial charge in [0.2, 0.25) is 0 Å². The summed E-state index contributed by atoms with van der Waals surface area (Å²) in [6, 6.07) is 0. The first kappa shape index (κ1) is 21.4. The van der Waals surface area contributed by atoms with Crippen LogP contribution in [0.5, 0.6) is 0 Å². The third-order valence-corrected chi connectivity index (χ3v) is 5.24. The number of sulfone groups is 1. The number of halogens is 8. The average Bonchev–Trinajstić information content (AvgIpc) is 2.29. The van der Waals surface area contributed by atoms with Gasteiger partial charge in [-0.25, -0.2) is 8.42 Å². The van der Waals surface area contributed by atoms with Crippen LogP contribution in [0.25, 0.3) is 0 Å². The van der Waals surface area contributed by atoms with Gasteiger partial charge in [0.25, 0.3) is 0 Å². The SMILES string of the molecule is CCCC(CCC(F)(F)C(F)(F)F)S(=O)(=O)CCC(F)(F)F. The number of hydrogen-bond donors (Lipinski definition) is 0. The smallest absolute Gasteiger partial charge is 0.229 e. The maximum absolute atomic E-state index is 12.8. The zero-order valence-corrected chi connectivity index (χ0v) is 12.4. The van der Waals surface area contributed by atoms with E-state index >= 15 is 0 Å². The normalized spacial score (nSPS) is 15.9. The lowest BCUT2D eigenvalue weighted by Crippen LogP contribution is -2.38. The van der Waals surface area contributed by atoms with Crippen LogP contribution >= 0.6 is 0 Å². The lowest BCUT2D eigenvalue weighted by atomic mass is 10.1. The van der Waals surface area contributed by atoms with E-state index in [-0.39, 0.29) is 12.8 Å². The van der Waals surface area contributed by atoms with Crippen molar-refractivity contribution in [2.24, 2.45) is 0 Å². The standard InChI is InChI=1S/C11H16F8O2S/c1-2-3-8(4-5-9(12,13)11(17,18)19)22(20,21)7-6-10(14,15)16/h8H,2-7H2,1H3. The van der Waals surface area contributed by atoms with Crippen LogP contribution < -0.4 is 0 Å². The summed E-state index contributed by atoms with van der Waals surface area (Å²) < 4.78 is 121. The van der Waals surface area contributed by atoms with Crippen LogP contribution in [0.15, 0.2) is 0 Å². The molecule has 0 fully saturated rings. The van der Waals surface area contributed by atoms with Crippen molar-refractivity contribution < 1.29 is 43.5 Å². The maximum Gasteiger partial charge on any atom is 0.453 e. The van der Waals surface area contributed by atoms with Gasteiger partial charge in [0.15, 0.2) is 9.84 Å². The highest BCUT2D eigenvalue weighted by atomic mass is 32.2. The average molecular weight is 364 g/mol. The van der Waals surface area contributed by atoms with E-state index in [0.717, 1.165) is 0 Å². The monoisotopic (exact) mass is 364 g/mol. The van der Waals surface area contributed by atoms with Crippen LogP contribution in [0.2, 0.25) is 0 Å². The molecule has 0 N–H and O–H groups in total. The Morgan fingerprint density at radius 1 is 0.864 bits per heavy atom. The molecule has 0 heterocycles. The van der Waals surface area contributed by atoms with Crippen molar-refractivity contribution in [3.05, 3.63) is 0 Å². The van der Waals surface area contributed by atoms with Crippen LogP contribution in [-0.4, -0.2) is 37.7 Å². The van der Waals surface area contributed by atoms with Gasteiger partial charge < -0.3 is 0 Å². The molecule has 0 aliphatic carbocycles. The molecule has 0 aromatic heterocycles. The Labute approximate surface area is 122 Å². The Morgan fingerprint density at radius 2 is 1.36 bits per heavy atom. The molecular formula is C11H16F8O2S. The molecule has 0 radical (unpaired) electrons. The summed E-state index contributed by atoms with van der Waals surface area (Å²) in [5.74, 6) is -6.39. The van der Waals surface area contributed by atoms with E-state index in [1.807, 2.05) is 0 Å². The molecule has 0 amide bonds. The fourth-order valence-electron chi connectivity index (χ4n) is 1.73. The molecule has 0 aromatic rings. The highest BCUT2D eigenvalue weighted by molar-refractivity contribution is 7.92. The topological polar surface area (TPSA) is 34.1 Å². The molecule has 0 rings (SSSR count). The predicted molar refractivity (Wildman–Crippen MR) is 63.4 cm³/mol.